The molecule has 0 saturated carbocycles. The van der Waals surface area contributed by atoms with Crippen LogP contribution < -0.4 is 5.32 Å². The number of halogens is 2. The molecule has 0 aliphatic heterocycles. The van der Waals surface area contributed by atoms with E-state index in [1.807, 2.05) is 6.92 Å². The molecule has 0 bridgehead atoms. The molecule has 0 aromatic carbocycles. The lowest BCUT2D eigenvalue weighted by Crippen LogP contribution is -2.23. The van der Waals surface area contributed by atoms with Crippen LogP contribution in [0.3, 0.4) is 0 Å². The van der Waals surface area contributed by atoms with Gasteiger partial charge in [-0.1, -0.05) is 30.1 Å². The number of carbonyl (C=O) groups is 1. The first kappa shape index (κ1) is 9.79. The highest BCUT2D eigenvalue weighted by Gasteiger charge is 2.02. The van der Waals surface area contributed by atoms with E-state index in [2.05, 4.69) is 5.32 Å². The average molecular weight is 182 g/mol. The fourth-order valence-electron chi connectivity index (χ4n) is 0.373. The van der Waals surface area contributed by atoms with Crippen LogP contribution >= 0.6 is 23.2 Å². The van der Waals surface area contributed by atoms with Gasteiger partial charge in [0, 0.05) is 12.1 Å². The highest BCUT2D eigenvalue weighted by Crippen LogP contribution is 2.01. The van der Waals surface area contributed by atoms with Crippen LogP contribution in [0.2, 0.25) is 0 Å². The van der Waals surface area contributed by atoms with Gasteiger partial charge in [-0.2, -0.15) is 0 Å². The monoisotopic (exact) mass is 181 g/mol. The van der Waals surface area contributed by atoms with Crippen molar-refractivity contribution in [1.29, 1.82) is 0 Å². The average Bonchev–Trinajstić information content (AvgIpc) is 1.98. The van der Waals surface area contributed by atoms with E-state index in [4.69, 9.17) is 23.2 Å². The Morgan fingerprint density at radius 3 is 2.70 bits per heavy atom. The summed E-state index contributed by atoms with van der Waals surface area (Å²) < 4.78 is 0. The van der Waals surface area contributed by atoms with E-state index < -0.39 is 0 Å². The molecular formula is C6H9Cl2NO. The van der Waals surface area contributed by atoms with E-state index in [0.29, 0.717) is 6.54 Å². The van der Waals surface area contributed by atoms with Crippen LogP contribution in [0, 0.1) is 0 Å². The Labute approximate surface area is 70.2 Å². The molecule has 0 spiro atoms. The first-order chi connectivity index (χ1) is 4.72. The second kappa shape index (κ2) is 5.57. The smallest absolute Gasteiger partial charge is 0.263 e. The van der Waals surface area contributed by atoms with Gasteiger partial charge < -0.3 is 5.32 Å². The normalized spacial score (nSPS) is 11.3. The van der Waals surface area contributed by atoms with Gasteiger partial charge in [-0.3, -0.25) is 4.79 Å². The summed E-state index contributed by atoms with van der Waals surface area (Å²) in [6.45, 7) is 2.58. The third kappa shape index (κ3) is 3.75. The lowest BCUT2D eigenvalue weighted by atomic mass is 10.4. The van der Waals surface area contributed by atoms with Gasteiger partial charge in [-0.05, 0) is 6.42 Å². The minimum Gasteiger partial charge on any atom is -0.351 e. The molecule has 0 atom stereocenters. The summed E-state index contributed by atoms with van der Waals surface area (Å²) in [5.41, 5.74) is 1.05. The number of amides is 1. The van der Waals surface area contributed by atoms with Crippen molar-refractivity contribution in [3.63, 3.8) is 0 Å². The molecule has 0 rings (SSSR count). The molecule has 0 unspecified atom stereocenters. The molecule has 0 aliphatic rings. The minimum atomic E-state index is -0.321. The molecule has 0 saturated heterocycles. The van der Waals surface area contributed by atoms with Crippen molar-refractivity contribution in [3.8, 4) is 0 Å². The zero-order valence-corrected chi connectivity index (χ0v) is 7.17. The number of nitrogens with one attached hydrogen (secondary N) is 1. The molecule has 58 valence electrons. The Morgan fingerprint density at radius 2 is 2.30 bits per heavy atom. The number of hydrogen-bond acceptors (Lipinski definition) is 1. The maximum atomic E-state index is 10.7. The number of hydrogen-bond donors (Lipinski definition) is 1. The lowest BCUT2D eigenvalue weighted by molar-refractivity contribution is -0.116. The predicted molar refractivity (Wildman–Crippen MR) is 43.1 cm³/mol. The Bertz CT molecular complexity index is 145. The second-order valence-electron chi connectivity index (χ2n) is 1.71. The molecule has 0 aromatic heterocycles. The molecule has 0 fully saturated rings. The van der Waals surface area contributed by atoms with Gasteiger partial charge in [0.1, 0.15) is 5.03 Å². The Kier molecular flexibility index (Phi) is 5.45. The fourth-order valence-corrected chi connectivity index (χ4v) is 0.538. The molecule has 1 N–H and O–H groups in total. The van der Waals surface area contributed by atoms with Crippen LogP contribution in [0.15, 0.2) is 10.6 Å². The van der Waals surface area contributed by atoms with Crippen LogP contribution in [0.4, 0.5) is 0 Å². The van der Waals surface area contributed by atoms with Crippen LogP contribution in [0.1, 0.15) is 13.3 Å². The summed E-state index contributed by atoms with van der Waals surface area (Å²) in [5, 5.41) is 2.58. The van der Waals surface area contributed by atoms with Gasteiger partial charge in [0.15, 0.2) is 0 Å². The van der Waals surface area contributed by atoms with Crippen LogP contribution in [-0.2, 0) is 4.79 Å². The number of carbonyl (C=O) groups excluding carboxylic acids is 1. The highest BCUT2D eigenvalue weighted by atomic mass is 35.5. The summed E-state index contributed by atoms with van der Waals surface area (Å²) in [5.74, 6) is -0.321. The molecular weight excluding hydrogens is 173 g/mol. The number of rotatable bonds is 3. The standard InChI is InChI=1S/C6H9Cl2NO/c1-2-3-9-6(10)5(8)4-7/h4H,2-3H2,1H3,(H,9,10)/b5-4-. The largest absolute Gasteiger partial charge is 0.351 e. The summed E-state index contributed by atoms with van der Waals surface area (Å²) in [7, 11) is 0. The SMILES string of the molecule is CCCNC(=O)/C(Cl)=C/Cl. The van der Waals surface area contributed by atoms with Gasteiger partial charge in [0.25, 0.3) is 5.91 Å². The summed E-state index contributed by atoms with van der Waals surface area (Å²) in [6, 6.07) is 0. The van der Waals surface area contributed by atoms with E-state index >= 15 is 0 Å². The van der Waals surface area contributed by atoms with Crippen molar-refractivity contribution in [1.82, 2.24) is 5.32 Å². The van der Waals surface area contributed by atoms with E-state index in [9.17, 15) is 4.79 Å². The minimum absolute atomic E-state index is 0.0233. The Balaban J connectivity index is 3.63. The summed E-state index contributed by atoms with van der Waals surface area (Å²) in [6.07, 6.45) is 0.887. The molecule has 0 aliphatic carbocycles. The van der Waals surface area contributed by atoms with Crippen molar-refractivity contribution < 1.29 is 4.79 Å². The van der Waals surface area contributed by atoms with Gasteiger partial charge >= 0.3 is 0 Å². The predicted octanol–water partition coefficient (Wildman–Crippen LogP) is 1.83. The molecule has 0 heterocycles. The van der Waals surface area contributed by atoms with Gasteiger partial charge in [0.05, 0.1) is 0 Å². The Hall–Kier alpha value is -0.210. The zero-order valence-electron chi connectivity index (χ0n) is 5.66. The maximum absolute atomic E-state index is 10.7. The van der Waals surface area contributed by atoms with Gasteiger partial charge in [0.2, 0.25) is 0 Å². The van der Waals surface area contributed by atoms with E-state index in [1.54, 1.807) is 0 Å². The maximum Gasteiger partial charge on any atom is 0.263 e. The van der Waals surface area contributed by atoms with Crippen LogP contribution in [0.5, 0.6) is 0 Å². The first-order valence-corrected chi connectivity index (χ1v) is 3.78. The van der Waals surface area contributed by atoms with Crippen molar-refractivity contribution >= 4 is 29.1 Å². The highest BCUT2D eigenvalue weighted by molar-refractivity contribution is 6.46. The topological polar surface area (TPSA) is 29.1 Å². The van der Waals surface area contributed by atoms with Crippen molar-refractivity contribution in [2.75, 3.05) is 6.54 Å². The molecule has 2 nitrogen and oxygen atoms in total. The van der Waals surface area contributed by atoms with Crippen molar-refractivity contribution in [2.45, 2.75) is 13.3 Å². The van der Waals surface area contributed by atoms with Crippen LogP contribution in [-0.4, -0.2) is 12.5 Å². The van der Waals surface area contributed by atoms with E-state index in [1.165, 1.54) is 0 Å². The molecule has 4 heteroatoms. The molecule has 0 radical (unpaired) electrons. The third-order valence-electron chi connectivity index (χ3n) is 0.848. The van der Waals surface area contributed by atoms with Gasteiger partial charge in [-0.15, -0.1) is 0 Å². The van der Waals surface area contributed by atoms with E-state index in [-0.39, 0.29) is 10.9 Å². The summed E-state index contributed by atoms with van der Waals surface area (Å²) >= 11 is 10.5. The van der Waals surface area contributed by atoms with Crippen molar-refractivity contribution in [2.24, 2.45) is 0 Å². The molecule has 1 amide bonds. The van der Waals surface area contributed by atoms with Crippen molar-refractivity contribution in [3.05, 3.63) is 10.6 Å². The zero-order chi connectivity index (χ0) is 7.98. The summed E-state index contributed by atoms with van der Waals surface area (Å²) in [4.78, 5) is 10.7. The quantitative estimate of drug-likeness (QED) is 0.662. The van der Waals surface area contributed by atoms with Gasteiger partial charge in [-0.25, -0.2) is 0 Å². The molecule has 10 heavy (non-hydrogen) atoms. The molecule has 0 aromatic rings. The van der Waals surface area contributed by atoms with Crippen LogP contribution in [0.25, 0.3) is 0 Å². The lowest BCUT2D eigenvalue weighted by Gasteiger charge is -1.98. The third-order valence-corrected chi connectivity index (χ3v) is 1.46. The Morgan fingerprint density at radius 1 is 1.70 bits per heavy atom. The second-order valence-corrected chi connectivity index (χ2v) is 2.34. The first-order valence-electron chi connectivity index (χ1n) is 2.96. The van der Waals surface area contributed by atoms with E-state index in [0.717, 1.165) is 12.0 Å². The fraction of sp³-hybridized carbons (Fsp3) is 0.500.